The van der Waals surface area contributed by atoms with Gasteiger partial charge in [0.2, 0.25) is 0 Å². The Hall–Kier alpha value is -1.62. The van der Waals surface area contributed by atoms with E-state index in [1.807, 2.05) is 26.8 Å². The van der Waals surface area contributed by atoms with Crippen molar-refractivity contribution in [2.75, 3.05) is 5.32 Å². The number of aromatic nitrogens is 1. The summed E-state index contributed by atoms with van der Waals surface area (Å²) in [4.78, 5) is 16.2. The van der Waals surface area contributed by atoms with Gasteiger partial charge in [-0.3, -0.25) is 10.3 Å². The molecule has 2 unspecified atom stereocenters. The summed E-state index contributed by atoms with van der Waals surface area (Å²) in [7, 11) is 0. The Morgan fingerprint density at radius 2 is 1.88 bits per heavy atom. The van der Waals surface area contributed by atoms with Crippen molar-refractivity contribution in [3.63, 3.8) is 0 Å². The molecule has 4 atom stereocenters. The lowest BCUT2D eigenvalue weighted by Crippen LogP contribution is -2.40. The Labute approximate surface area is 146 Å². The quantitative estimate of drug-likeness (QED) is 0.831. The number of nitrogens with zero attached hydrogens (tertiary/aromatic N) is 1. The van der Waals surface area contributed by atoms with E-state index in [0.717, 1.165) is 24.1 Å². The Balaban J connectivity index is 0.00000288. The van der Waals surface area contributed by atoms with Crippen LogP contribution in [0.2, 0.25) is 0 Å². The van der Waals surface area contributed by atoms with Crippen LogP contribution in [0.25, 0.3) is 0 Å². The molecule has 0 radical (unpaired) electrons. The van der Waals surface area contributed by atoms with Crippen molar-refractivity contribution in [1.82, 2.24) is 4.98 Å². The molecular weight excluding hydrogens is 302 g/mol. The summed E-state index contributed by atoms with van der Waals surface area (Å²) in [5.41, 5.74) is 7.59. The molecule has 0 aromatic carbocycles. The largest absolute Gasteiger partial charge is 0.444 e. The van der Waals surface area contributed by atoms with E-state index in [9.17, 15) is 4.79 Å². The highest BCUT2D eigenvalue weighted by molar-refractivity contribution is 5.85. The van der Waals surface area contributed by atoms with Crippen LogP contribution in [0.5, 0.6) is 0 Å². The second-order valence-electron chi connectivity index (χ2n) is 7.79. The monoisotopic (exact) mass is 335 g/mol. The number of anilines is 1. The standard InChI is InChI=1S/C18H29N3O2.CH4/c1-11-8-13(9-12(2)16(11)19)14-6-7-20-10-15(14)21-17(22)23-18(3,4)5;/h6-7,10-13,16H,8-9,19H2,1-5H3,(H,21,22);1H4/t11-,12+,13?,16?;. The molecule has 0 bridgehead atoms. The highest BCUT2D eigenvalue weighted by Gasteiger charge is 2.32. The minimum atomic E-state index is -0.521. The molecule has 3 N–H and O–H groups in total. The number of amides is 1. The molecule has 1 aromatic heterocycles. The van der Waals surface area contributed by atoms with Crippen LogP contribution in [-0.4, -0.2) is 22.7 Å². The van der Waals surface area contributed by atoms with Crippen LogP contribution in [0.3, 0.4) is 0 Å². The number of carbonyl (C=O) groups excluding carboxylic acids is 1. The molecule has 0 spiro atoms. The molecule has 1 amide bonds. The number of hydrogen-bond donors (Lipinski definition) is 2. The summed E-state index contributed by atoms with van der Waals surface area (Å²) >= 11 is 0. The number of rotatable bonds is 2. The molecular formula is C19H33N3O2. The Kier molecular flexibility index (Phi) is 6.78. The zero-order valence-electron chi connectivity index (χ0n) is 14.8. The van der Waals surface area contributed by atoms with E-state index in [0.29, 0.717) is 17.8 Å². The van der Waals surface area contributed by atoms with Gasteiger partial charge in [0.1, 0.15) is 5.60 Å². The van der Waals surface area contributed by atoms with Crippen molar-refractivity contribution in [2.24, 2.45) is 17.6 Å². The third kappa shape index (κ3) is 5.20. The molecule has 1 aliphatic rings. The van der Waals surface area contributed by atoms with Crippen LogP contribution in [0.1, 0.15) is 66.4 Å². The maximum absolute atomic E-state index is 12.1. The molecule has 1 heterocycles. The first-order chi connectivity index (χ1) is 10.7. The summed E-state index contributed by atoms with van der Waals surface area (Å²) in [5, 5.41) is 2.85. The Morgan fingerprint density at radius 3 is 2.42 bits per heavy atom. The molecule has 1 aliphatic carbocycles. The van der Waals surface area contributed by atoms with Crippen LogP contribution < -0.4 is 11.1 Å². The first-order valence-electron chi connectivity index (χ1n) is 8.37. The molecule has 0 aliphatic heterocycles. The third-order valence-corrected chi connectivity index (χ3v) is 4.56. The maximum Gasteiger partial charge on any atom is 0.412 e. The minimum absolute atomic E-state index is 0. The highest BCUT2D eigenvalue weighted by atomic mass is 16.6. The molecule has 1 fully saturated rings. The van der Waals surface area contributed by atoms with Gasteiger partial charge in [-0.1, -0.05) is 21.3 Å². The molecule has 5 nitrogen and oxygen atoms in total. The van der Waals surface area contributed by atoms with Gasteiger partial charge in [-0.25, -0.2) is 4.79 Å². The molecule has 24 heavy (non-hydrogen) atoms. The molecule has 5 heteroatoms. The maximum atomic E-state index is 12.1. The van der Waals surface area contributed by atoms with Gasteiger partial charge in [-0.05, 0) is 63.0 Å². The Bertz CT molecular complexity index is 542. The Morgan fingerprint density at radius 1 is 1.29 bits per heavy atom. The van der Waals surface area contributed by atoms with Crippen molar-refractivity contribution in [3.8, 4) is 0 Å². The number of nitrogens with one attached hydrogen (secondary N) is 1. The molecule has 0 saturated heterocycles. The summed E-state index contributed by atoms with van der Waals surface area (Å²) in [5.74, 6) is 1.31. The van der Waals surface area contributed by atoms with Gasteiger partial charge in [0.05, 0.1) is 11.9 Å². The lowest BCUT2D eigenvalue weighted by molar-refractivity contribution is 0.0635. The van der Waals surface area contributed by atoms with Crippen molar-refractivity contribution in [1.29, 1.82) is 0 Å². The van der Waals surface area contributed by atoms with Crippen LogP contribution in [-0.2, 0) is 4.74 Å². The summed E-state index contributed by atoms with van der Waals surface area (Å²) in [6, 6.07) is 2.24. The fourth-order valence-corrected chi connectivity index (χ4v) is 3.40. The van der Waals surface area contributed by atoms with Crippen LogP contribution >= 0.6 is 0 Å². The number of pyridine rings is 1. The molecule has 2 rings (SSSR count). The molecule has 136 valence electrons. The topological polar surface area (TPSA) is 77.2 Å². The number of ether oxygens (including phenoxy) is 1. The third-order valence-electron chi connectivity index (χ3n) is 4.56. The van der Waals surface area contributed by atoms with Crippen LogP contribution in [0.15, 0.2) is 18.5 Å². The van der Waals surface area contributed by atoms with E-state index in [-0.39, 0.29) is 13.5 Å². The van der Waals surface area contributed by atoms with Gasteiger partial charge >= 0.3 is 6.09 Å². The summed E-state index contributed by atoms with van der Waals surface area (Å²) in [6.45, 7) is 9.96. The minimum Gasteiger partial charge on any atom is -0.444 e. The van der Waals surface area contributed by atoms with Gasteiger partial charge in [0.25, 0.3) is 0 Å². The van der Waals surface area contributed by atoms with Crippen molar-refractivity contribution >= 4 is 11.8 Å². The van der Waals surface area contributed by atoms with Crippen molar-refractivity contribution in [2.45, 2.75) is 72.4 Å². The second kappa shape index (κ2) is 7.97. The second-order valence-corrected chi connectivity index (χ2v) is 7.79. The zero-order valence-corrected chi connectivity index (χ0v) is 14.8. The molecule has 1 saturated carbocycles. The van der Waals surface area contributed by atoms with Gasteiger partial charge in [-0.15, -0.1) is 0 Å². The first kappa shape index (κ1) is 20.4. The van der Waals surface area contributed by atoms with E-state index in [1.165, 1.54) is 0 Å². The van der Waals surface area contributed by atoms with E-state index in [2.05, 4.69) is 24.1 Å². The normalized spacial score (nSPS) is 27.1. The molecule has 1 aromatic rings. The van der Waals surface area contributed by atoms with Gasteiger partial charge in [0, 0.05) is 12.2 Å². The summed E-state index contributed by atoms with van der Waals surface area (Å²) in [6.07, 6.45) is 5.08. The smallest absolute Gasteiger partial charge is 0.412 e. The average molecular weight is 335 g/mol. The van der Waals surface area contributed by atoms with E-state index >= 15 is 0 Å². The van der Waals surface area contributed by atoms with Crippen LogP contribution in [0.4, 0.5) is 10.5 Å². The predicted octanol–water partition coefficient (Wildman–Crippen LogP) is 4.54. The van der Waals surface area contributed by atoms with E-state index in [4.69, 9.17) is 10.5 Å². The number of carbonyl (C=O) groups is 1. The SMILES string of the molecule is C.C[C@@H]1CC(c2ccncc2NC(=O)OC(C)(C)C)C[C@H](C)C1N. The number of hydrogen-bond acceptors (Lipinski definition) is 4. The highest BCUT2D eigenvalue weighted by Crippen LogP contribution is 2.40. The van der Waals surface area contributed by atoms with Gasteiger partial charge < -0.3 is 10.5 Å². The van der Waals surface area contributed by atoms with E-state index in [1.54, 1.807) is 12.4 Å². The average Bonchev–Trinajstić information content (AvgIpc) is 2.42. The fourth-order valence-electron chi connectivity index (χ4n) is 3.40. The predicted molar refractivity (Wildman–Crippen MR) is 99.1 cm³/mol. The number of nitrogens with two attached hydrogens (primary N) is 1. The van der Waals surface area contributed by atoms with E-state index < -0.39 is 11.7 Å². The first-order valence-corrected chi connectivity index (χ1v) is 8.37. The van der Waals surface area contributed by atoms with Crippen molar-refractivity contribution < 1.29 is 9.53 Å². The van der Waals surface area contributed by atoms with Gasteiger partial charge in [0.15, 0.2) is 0 Å². The van der Waals surface area contributed by atoms with Crippen LogP contribution in [0, 0.1) is 11.8 Å². The van der Waals surface area contributed by atoms with Crippen molar-refractivity contribution in [3.05, 3.63) is 24.0 Å². The lowest BCUT2D eigenvalue weighted by Gasteiger charge is -2.37. The van der Waals surface area contributed by atoms with Gasteiger partial charge in [-0.2, -0.15) is 0 Å². The summed E-state index contributed by atoms with van der Waals surface area (Å²) < 4.78 is 5.35. The zero-order chi connectivity index (χ0) is 17.2. The lowest BCUT2D eigenvalue weighted by atomic mass is 9.71. The fraction of sp³-hybridized carbons (Fsp3) is 0.684.